The Morgan fingerprint density at radius 3 is 1.91 bits per heavy atom. The van der Waals surface area contributed by atoms with E-state index < -0.39 is 0 Å². The van der Waals surface area contributed by atoms with E-state index >= 15 is 0 Å². The number of furan rings is 1. The summed E-state index contributed by atoms with van der Waals surface area (Å²) in [6.45, 7) is 0. The van der Waals surface area contributed by atoms with Crippen molar-refractivity contribution in [2.45, 2.75) is 0 Å². The van der Waals surface area contributed by atoms with E-state index in [0.717, 1.165) is 39.0 Å². The van der Waals surface area contributed by atoms with E-state index in [1.54, 1.807) is 0 Å². The van der Waals surface area contributed by atoms with Crippen LogP contribution in [-0.2, 0) is 0 Å². The number of thiophene rings is 1. The number of rotatable bonds is 6. The minimum Gasteiger partial charge on any atom is -0.456 e. The first-order valence-electron chi connectivity index (χ1n) is 18.7. The molecule has 2 aromatic heterocycles. The molecule has 0 unspecified atom stereocenters. The van der Waals surface area contributed by atoms with Crippen molar-refractivity contribution in [3.8, 4) is 33.4 Å². The summed E-state index contributed by atoms with van der Waals surface area (Å²) >= 11 is 1.87. The van der Waals surface area contributed by atoms with Crippen LogP contribution in [0.2, 0.25) is 0 Å². The molecule has 11 aromatic rings. The van der Waals surface area contributed by atoms with Gasteiger partial charge in [-0.2, -0.15) is 0 Å². The minimum absolute atomic E-state index is 0.870. The summed E-state index contributed by atoms with van der Waals surface area (Å²) in [6.07, 6.45) is 0. The Balaban J connectivity index is 1.05. The SMILES string of the molecule is c1cc(-c2ccc(N(c3ccc4c(c3)oc3ccccc34)c3ccccc3-c3cccc4c3sc3ccccc34)cc2)cc(-c2ccc3ccccc3c2)c1. The van der Waals surface area contributed by atoms with Gasteiger partial charge in [-0.3, -0.25) is 0 Å². The molecule has 0 saturated heterocycles. The van der Waals surface area contributed by atoms with Gasteiger partial charge < -0.3 is 9.32 Å². The summed E-state index contributed by atoms with van der Waals surface area (Å²) in [6, 6.07) is 72.2. The van der Waals surface area contributed by atoms with Gasteiger partial charge in [0.1, 0.15) is 11.2 Å². The Morgan fingerprint density at radius 2 is 1.00 bits per heavy atom. The fraction of sp³-hybridized carbons (Fsp3) is 0. The molecule has 0 atom stereocenters. The third kappa shape index (κ3) is 5.40. The third-order valence-corrected chi connectivity index (χ3v) is 12.1. The van der Waals surface area contributed by atoms with Crippen LogP contribution in [0.3, 0.4) is 0 Å². The topological polar surface area (TPSA) is 16.4 Å². The smallest absolute Gasteiger partial charge is 0.137 e. The summed E-state index contributed by atoms with van der Waals surface area (Å²) in [7, 11) is 0. The molecule has 11 rings (SSSR count). The van der Waals surface area contributed by atoms with Crippen LogP contribution in [0, 0.1) is 0 Å². The van der Waals surface area contributed by atoms with E-state index in [0.29, 0.717) is 0 Å². The Bertz CT molecular complexity index is 3220. The lowest BCUT2D eigenvalue weighted by atomic mass is 9.97. The maximum Gasteiger partial charge on any atom is 0.137 e. The van der Waals surface area contributed by atoms with Gasteiger partial charge >= 0.3 is 0 Å². The highest BCUT2D eigenvalue weighted by Gasteiger charge is 2.21. The maximum absolute atomic E-state index is 6.44. The van der Waals surface area contributed by atoms with Gasteiger partial charge in [-0.1, -0.05) is 140 Å². The Hall–Kier alpha value is -6.94. The number of para-hydroxylation sites is 2. The second-order valence-corrected chi connectivity index (χ2v) is 15.2. The zero-order valence-electron chi connectivity index (χ0n) is 29.8. The highest BCUT2D eigenvalue weighted by atomic mass is 32.1. The second-order valence-electron chi connectivity index (χ2n) is 14.1. The van der Waals surface area contributed by atoms with Gasteiger partial charge in [0.15, 0.2) is 0 Å². The van der Waals surface area contributed by atoms with Gasteiger partial charge in [-0.15, -0.1) is 11.3 Å². The van der Waals surface area contributed by atoms with Crippen LogP contribution in [-0.4, -0.2) is 0 Å². The fourth-order valence-corrected chi connectivity index (χ4v) is 9.42. The molecule has 0 fully saturated rings. The third-order valence-electron chi connectivity index (χ3n) is 10.9. The average molecular weight is 720 g/mol. The van der Waals surface area contributed by atoms with Crippen LogP contribution in [0.1, 0.15) is 0 Å². The molecule has 55 heavy (non-hydrogen) atoms. The molecule has 0 N–H and O–H groups in total. The molecule has 0 aliphatic heterocycles. The largest absolute Gasteiger partial charge is 0.456 e. The maximum atomic E-state index is 6.44. The van der Waals surface area contributed by atoms with Crippen molar-refractivity contribution in [1.29, 1.82) is 0 Å². The normalized spacial score (nSPS) is 11.6. The van der Waals surface area contributed by atoms with Crippen molar-refractivity contribution in [3.05, 3.63) is 200 Å². The van der Waals surface area contributed by atoms with Gasteiger partial charge in [0, 0.05) is 59.5 Å². The zero-order valence-corrected chi connectivity index (χ0v) is 30.6. The van der Waals surface area contributed by atoms with Crippen LogP contribution >= 0.6 is 11.3 Å². The molecule has 0 radical (unpaired) electrons. The summed E-state index contributed by atoms with van der Waals surface area (Å²) in [5.41, 5.74) is 12.2. The predicted octanol–water partition coefficient (Wildman–Crippen LogP) is 15.6. The number of fused-ring (bicyclic) bond motifs is 7. The monoisotopic (exact) mass is 719 g/mol. The van der Waals surface area contributed by atoms with E-state index in [-0.39, 0.29) is 0 Å². The summed E-state index contributed by atoms with van der Waals surface area (Å²) in [5.74, 6) is 0. The van der Waals surface area contributed by atoms with Crippen molar-refractivity contribution in [2.24, 2.45) is 0 Å². The molecular weight excluding hydrogens is 687 g/mol. The van der Waals surface area contributed by atoms with Crippen molar-refractivity contribution >= 4 is 81.3 Å². The number of hydrogen-bond donors (Lipinski definition) is 0. The summed E-state index contributed by atoms with van der Waals surface area (Å²) in [4.78, 5) is 2.38. The predicted molar refractivity (Wildman–Crippen MR) is 235 cm³/mol. The number of benzene rings is 9. The van der Waals surface area contributed by atoms with E-state index in [1.165, 1.54) is 64.3 Å². The molecule has 2 heterocycles. The van der Waals surface area contributed by atoms with E-state index in [9.17, 15) is 0 Å². The minimum atomic E-state index is 0.870. The van der Waals surface area contributed by atoms with Crippen LogP contribution in [0.5, 0.6) is 0 Å². The standard InChI is InChI=1S/C52H33NOS/c1-2-12-36-32-39(24-23-34(36)11-1)38-14-9-13-37(31-38)35-25-27-40(28-26-35)53(41-29-30-44-43-16-4-7-21-49(43)54-50(44)33-41)48-20-6-3-15-42(48)46-18-10-19-47-45-17-5-8-22-51(45)55-52(46)47/h1-33H. The lowest BCUT2D eigenvalue weighted by Crippen LogP contribution is -2.11. The molecule has 0 amide bonds. The summed E-state index contributed by atoms with van der Waals surface area (Å²) < 4.78 is 9.04. The molecule has 0 aliphatic rings. The van der Waals surface area contributed by atoms with E-state index in [4.69, 9.17) is 4.42 Å². The molecule has 3 heteroatoms. The molecule has 0 aliphatic carbocycles. The Kier molecular flexibility index (Phi) is 7.39. The van der Waals surface area contributed by atoms with Crippen LogP contribution in [0.15, 0.2) is 205 Å². The Labute approximate surface area is 322 Å². The quantitative estimate of drug-likeness (QED) is 0.170. The number of nitrogens with zero attached hydrogens (tertiary/aromatic N) is 1. The molecular formula is C52H33NOS. The van der Waals surface area contributed by atoms with Crippen molar-refractivity contribution in [2.75, 3.05) is 4.90 Å². The molecule has 258 valence electrons. The highest BCUT2D eigenvalue weighted by molar-refractivity contribution is 7.26. The van der Waals surface area contributed by atoms with Gasteiger partial charge in [0.05, 0.1) is 5.69 Å². The Morgan fingerprint density at radius 1 is 0.364 bits per heavy atom. The summed E-state index contributed by atoms with van der Waals surface area (Å²) in [5, 5.41) is 7.34. The highest BCUT2D eigenvalue weighted by Crippen LogP contribution is 2.47. The van der Waals surface area contributed by atoms with Crippen molar-refractivity contribution < 1.29 is 4.42 Å². The molecule has 0 bridgehead atoms. The lowest BCUT2D eigenvalue weighted by Gasteiger charge is -2.28. The molecule has 2 nitrogen and oxygen atoms in total. The average Bonchev–Trinajstić information content (AvgIpc) is 3.82. The van der Waals surface area contributed by atoms with Crippen molar-refractivity contribution in [1.82, 2.24) is 0 Å². The number of anilines is 3. The first-order valence-corrected chi connectivity index (χ1v) is 19.5. The van der Waals surface area contributed by atoms with Crippen molar-refractivity contribution in [3.63, 3.8) is 0 Å². The second kappa shape index (κ2) is 12.9. The van der Waals surface area contributed by atoms with Crippen LogP contribution in [0.4, 0.5) is 17.1 Å². The molecule has 9 aromatic carbocycles. The van der Waals surface area contributed by atoms with Gasteiger partial charge in [0.25, 0.3) is 0 Å². The first kappa shape index (κ1) is 31.6. The van der Waals surface area contributed by atoms with E-state index in [2.05, 4.69) is 193 Å². The van der Waals surface area contributed by atoms with Gasteiger partial charge in [-0.05, 0) is 87.6 Å². The zero-order chi connectivity index (χ0) is 36.3. The van der Waals surface area contributed by atoms with Crippen LogP contribution in [0.25, 0.3) is 86.3 Å². The van der Waals surface area contributed by atoms with Gasteiger partial charge in [-0.25, -0.2) is 0 Å². The molecule has 0 saturated carbocycles. The fourth-order valence-electron chi connectivity index (χ4n) is 8.19. The number of hydrogen-bond acceptors (Lipinski definition) is 3. The lowest BCUT2D eigenvalue weighted by molar-refractivity contribution is 0.669. The van der Waals surface area contributed by atoms with E-state index in [1.807, 2.05) is 23.5 Å². The van der Waals surface area contributed by atoms with Crippen LogP contribution < -0.4 is 4.90 Å². The van der Waals surface area contributed by atoms with Gasteiger partial charge in [0.2, 0.25) is 0 Å². The first-order chi connectivity index (χ1) is 27.2. The molecule has 0 spiro atoms.